The maximum absolute atomic E-state index is 12.9. The molecule has 1 fully saturated rings. The van der Waals surface area contributed by atoms with Gasteiger partial charge in [-0.05, 0) is 25.0 Å². The molecule has 82 valence electrons. The average molecular weight is 221 g/mol. The number of fused-ring (bicyclic) bond motifs is 1. The normalized spacial score (nSPS) is 17.6. The van der Waals surface area contributed by atoms with Crippen LogP contribution in [0.15, 0.2) is 22.6 Å². The number of rotatable bonds is 2. The van der Waals surface area contributed by atoms with Crippen LogP contribution in [0.1, 0.15) is 18.7 Å². The summed E-state index contributed by atoms with van der Waals surface area (Å²) in [6.45, 7) is 0. The zero-order valence-electron chi connectivity index (χ0n) is 8.24. The molecule has 1 heterocycles. The van der Waals surface area contributed by atoms with E-state index in [-0.39, 0.29) is 5.89 Å². The lowest BCUT2D eigenvalue weighted by Crippen LogP contribution is -2.19. The van der Waals surface area contributed by atoms with E-state index in [9.17, 15) is 9.18 Å². The molecule has 0 amide bonds. The van der Waals surface area contributed by atoms with E-state index < -0.39 is 17.2 Å². The summed E-state index contributed by atoms with van der Waals surface area (Å²) in [6.07, 6.45) is 1.05. The molecule has 1 aliphatic rings. The monoisotopic (exact) mass is 221 g/mol. The molecule has 16 heavy (non-hydrogen) atoms. The molecule has 0 aliphatic heterocycles. The molecular weight excluding hydrogens is 213 g/mol. The van der Waals surface area contributed by atoms with Crippen molar-refractivity contribution in [2.75, 3.05) is 0 Å². The van der Waals surface area contributed by atoms with Gasteiger partial charge in [0, 0.05) is 6.07 Å². The molecule has 0 bridgehead atoms. The Kier molecular flexibility index (Phi) is 1.64. The highest BCUT2D eigenvalue weighted by Gasteiger charge is 2.56. The Morgan fingerprint density at radius 1 is 1.50 bits per heavy atom. The van der Waals surface area contributed by atoms with Gasteiger partial charge in [-0.3, -0.25) is 4.79 Å². The summed E-state index contributed by atoms with van der Waals surface area (Å²) in [7, 11) is 0. The maximum Gasteiger partial charge on any atom is 0.319 e. The molecule has 0 atom stereocenters. The summed E-state index contributed by atoms with van der Waals surface area (Å²) in [4.78, 5) is 15.1. The van der Waals surface area contributed by atoms with E-state index in [0.717, 1.165) is 0 Å². The number of nitrogens with zero attached hydrogens (tertiary/aromatic N) is 1. The van der Waals surface area contributed by atoms with Crippen LogP contribution >= 0.6 is 0 Å². The van der Waals surface area contributed by atoms with Gasteiger partial charge >= 0.3 is 5.97 Å². The summed E-state index contributed by atoms with van der Waals surface area (Å²) >= 11 is 0. The van der Waals surface area contributed by atoms with Gasteiger partial charge in [0.25, 0.3) is 0 Å². The smallest absolute Gasteiger partial charge is 0.319 e. The molecule has 1 aliphatic carbocycles. The summed E-state index contributed by atoms with van der Waals surface area (Å²) in [6, 6.07) is 3.97. The van der Waals surface area contributed by atoms with Crippen molar-refractivity contribution in [1.29, 1.82) is 0 Å². The van der Waals surface area contributed by atoms with Crippen LogP contribution in [0.3, 0.4) is 0 Å². The number of oxazole rings is 1. The Balaban J connectivity index is 2.16. The minimum absolute atomic E-state index is 0.181. The number of hydrogen-bond donors (Lipinski definition) is 1. The number of aliphatic carboxylic acids is 1. The second kappa shape index (κ2) is 2.81. The number of benzene rings is 1. The summed E-state index contributed by atoms with van der Waals surface area (Å²) < 4.78 is 18.2. The first-order valence-corrected chi connectivity index (χ1v) is 4.92. The second-order valence-electron chi connectivity index (χ2n) is 4.02. The van der Waals surface area contributed by atoms with Crippen LogP contribution in [0.5, 0.6) is 0 Å². The second-order valence-corrected chi connectivity index (χ2v) is 4.02. The molecule has 3 rings (SSSR count). The SMILES string of the molecule is O=C(O)C1(c2nc3ccc(F)cc3o2)CC1. The number of carboxylic acid groups (broad SMARTS) is 1. The van der Waals surface area contributed by atoms with Crippen molar-refractivity contribution in [3.05, 3.63) is 29.9 Å². The number of carboxylic acids is 1. The third-order valence-electron chi connectivity index (χ3n) is 2.92. The van der Waals surface area contributed by atoms with Gasteiger partial charge in [0.2, 0.25) is 5.89 Å². The van der Waals surface area contributed by atoms with E-state index in [1.54, 1.807) is 0 Å². The Labute approximate surface area is 89.7 Å². The van der Waals surface area contributed by atoms with Crippen LogP contribution in [0.25, 0.3) is 11.1 Å². The Hall–Kier alpha value is -1.91. The van der Waals surface area contributed by atoms with Crippen LogP contribution in [-0.2, 0) is 10.2 Å². The van der Waals surface area contributed by atoms with Gasteiger partial charge in [-0.15, -0.1) is 0 Å². The fraction of sp³-hybridized carbons (Fsp3) is 0.273. The van der Waals surface area contributed by atoms with Gasteiger partial charge in [0.15, 0.2) is 5.58 Å². The zero-order valence-corrected chi connectivity index (χ0v) is 8.24. The first-order chi connectivity index (χ1) is 7.62. The maximum atomic E-state index is 12.9. The van der Waals surface area contributed by atoms with E-state index in [0.29, 0.717) is 23.9 Å². The van der Waals surface area contributed by atoms with Crippen molar-refractivity contribution in [2.24, 2.45) is 0 Å². The van der Waals surface area contributed by atoms with Crippen molar-refractivity contribution in [2.45, 2.75) is 18.3 Å². The van der Waals surface area contributed by atoms with E-state index in [1.807, 2.05) is 0 Å². The molecule has 5 heteroatoms. The van der Waals surface area contributed by atoms with Crippen LogP contribution in [0, 0.1) is 5.82 Å². The van der Waals surface area contributed by atoms with Crippen molar-refractivity contribution >= 4 is 17.1 Å². The Bertz CT molecular complexity index is 586. The molecule has 1 saturated carbocycles. The number of halogens is 1. The number of carbonyl (C=O) groups is 1. The summed E-state index contributed by atoms with van der Waals surface area (Å²) in [5.74, 6) is -1.17. The molecule has 0 unspecified atom stereocenters. The van der Waals surface area contributed by atoms with Crippen LogP contribution in [-0.4, -0.2) is 16.1 Å². The average Bonchev–Trinajstić information content (AvgIpc) is 2.94. The molecule has 4 nitrogen and oxygen atoms in total. The third-order valence-corrected chi connectivity index (χ3v) is 2.92. The van der Waals surface area contributed by atoms with Crippen LogP contribution < -0.4 is 0 Å². The highest BCUT2D eigenvalue weighted by atomic mass is 19.1. The molecule has 1 aromatic carbocycles. The van der Waals surface area contributed by atoms with E-state index in [1.165, 1.54) is 18.2 Å². The summed E-state index contributed by atoms with van der Waals surface area (Å²) in [5.41, 5.74) is -0.193. The van der Waals surface area contributed by atoms with Gasteiger partial charge in [-0.2, -0.15) is 0 Å². The molecule has 2 aromatic rings. The Morgan fingerprint density at radius 3 is 2.88 bits per heavy atom. The highest BCUT2D eigenvalue weighted by molar-refractivity contribution is 5.84. The van der Waals surface area contributed by atoms with Crippen LogP contribution in [0.2, 0.25) is 0 Å². The predicted octanol–water partition coefficient (Wildman–Crippen LogP) is 2.08. The third kappa shape index (κ3) is 1.14. The zero-order chi connectivity index (χ0) is 11.3. The van der Waals surface area contributed by atoms with Crippen LogP contribution in [0.4, 0.5) is 4.39 Å². The lowest BCUT2D eigenvalue weighted by atomic mass is 10.1. The lowest BCUT2D eigenvalue weighted by Gasteiger charge is -2.01. The molecular formula is C11H8FNO3. The largest absolute Gasteiger partial charge is 0.480 e. The molecule has 1 aromatic heterocycles. The first-order valence-electron chi connectivity index (χ1n) is 4.92. The van der Waals surface area contributed by atoms with Crippen molar-refractivity contribution in [3.63, 3.8) is 0 Å². The standard InChI is InChI=1S/C11H8FNO3/c12-6-1-2-7-8(5-6)16-9(13-7)11(3-4-11)10(14)15/h1-2,5H,3-4H2,(H,14,15). The van der Waals surface area contributed by atoms with Gasteiger partial charge < -0.3 is 9.52 Å². The van der Waals surface area contributed by atoms with Crippen molar-refractivity contribution in [1.82, 2.24) is 4.98 Å². The Morgan fingerprint density at radius 2 is 2.25 bits per heavy atom. The van der Waals surface area contributed by atoms with Gasteiger partial charge in [-0.25, -0.2) is 9.37 Å². The van der Waals surface area contributed by atoms with E-state index in [4.69, 9.17) is 9.52 Å². The fourth-order valence-corrected chi connectivity index (χ4v) is 1.75. The van der Waals surface area contributed by atoms with Crippen molar-refractivity contribution < 1.29 is 18.7 Å². The first kappa shape index (κ1) is 9.33. The molecule has 0 saturated heterocycles. The molecule has 0 spiro atoms. The minimum Gasteiger partial charge on any atom is -0.480 e. The lowest BCUT2D eigenvalue weighted by molar-refractivity contribution is -0.140. The quantitative estimate of drug-likeness (QED) is 0.843. The minimum atomic E-state index is -0.977. The molecule has 0 radical (unpaired) electrons. The van der Waals surface area contributed by atoms with Crippen molar-refractivity contribution in [3.8, 4) is 0 Å². The highest BCUT2D eigenvalue weighted by Crippen LogP contribution is 2.48. The summed E-state index contributed by atoms with van der Waals surface area (Å²) in [5, 5.41) is 9.06. The fourth-order valence-electron chi connectivity index (χ4n) is 1.75. The predicted molar refractivity (Wildman–Crippen MR) is 52.5 cm³/mol. The molecule has 1 N–H and O–H groups in total. The topological polar surface area (TPSA) is 63.3 Å². The van der Waals surface area contributed by atoms with Gasteiger partial charge in [0.05, 0.1) is 0 Å². The number of hydrogen-bond acceptors (Lipinski definition) is 3. The van der Waals surface area contributed by atoms with E-state index >= 15 is 0 Å². The van der Waals surface area contributed by atoms with Gasteiger partial charge in [0.1, 0.15) is 16.7 Å². The van der Waals surface area contributed by atoms with E-state index in [2.05, 4.69) is 4.98 Å². The van der Waals surface area contributed by atoms with Gasteiger partial charge in [-0.1, -0.05) is 0 Å². The number of aromatic nitrogens is 1.